The minimum Gasteiger partial charge on any atom is -0.480 e. The molecular weight excluding hydrogens is 206 g/mol. The number of carboxylic acids is 1. The van der Waals surface area contributed by atoms with Crippen LogP contribution in [0, 0.1) is 23.7 Å². The summed E-state index contributed by atoms with van der Waals surface area (Å²) in [5.41, 5.74) is 0. The summed E-state index contributed by atoms with van der Waals surface area (Å²) in [6, 6.07) is -0.743. The highest BCUT2D eigenvalue weighted by Gasteiger charge is 2.51. The Balaban J connectivity index is 1.83. The van der Waals surface area contributed by atoms with Crippen molar-refractivity contribution in [3.63, 3.8) is 0 Å². The number of hydrogen-bond acceptors (Lipinski definition) is 2. The summed E-state index contributed by atoms with van der Waals surface area (Å²) in [5, 5.41) is 11.6. The summed E-state index contributed by atoms with van der Waals surface area (Å²) in [7, 11) is 0. The number of carbonyl (C=O) groups excluding carboxylic acids is 1. The van der Waals surface area contributed by atoms with E-state index in [4.69, 9.17) is 5.11 Å². The molecule has 4 heteroatoms. The van der Waals surface area contributed by atoms with Gasteiger partial charge in [-0.25, -0.2) is 4.79 Å². The van der Waals surface area contributed by atoms with Crippen LogP contribution in [0.1, 0.15) is 33.1 Å². The first-order valence-electron chi connectivity index (χ1n) is 6.04. The Morgan fingerprint density at radius 1 is 1.31 bits per heavy atom. The summed E-state index contributed by atoms with van der Waals surface area (Å²) < 4.78 is 0. The lowest BCUT2D eigenvalue weighted by Gasteiger charge is -2.17. The highest BCUT2D eigenvalue weighted by Crippen LogP contribution is 2.54. The smallest absolute Gasteiger partial charge is 0.326 e. The normalized spacial score (nSPS) is 29.9. The van der Waals surface area contributed by atoms with Crippen molar-refractivity contribution in [1.29, 1.82) is 0 Å². The zero-order chi connectivity index (χ0) is 11.9. The molecule has 2 N–H and O–H groups in total. The van der Waals surface area contributed by atoms with Crippen molar-refractivity contribution >= 4 is 11.9 Å². The van der Waals surface area contributed by atoms with Gasteiger partial charge >= 0.3 is 5.97 Å². The number of aliphatic carboxylic acids is 1. The second-order valence-corrected chi connectivity index (χ2v) is 5.41. The molecule has 4 nitrogen and oxygen atoms in total. The fourth-order valence-corrected chi connectivity index (χ4v) is 2.34. The summed E-state index contributed by atoms with van der Waals surface area (Å²) in [6.45, 7) is 3.62. The largest absolute Gasteiger partial charge is 0.480 e. The lowest BCUT2D eigenvalue weighted by Crippen LogP contribution is -2.45. The SMILES string of the molecule is CC(C)[C@H](NC(=O)C1CC1C1CC1)C(=O)O. The average Bonchev–Trinajstić information content (AvgIpc) is 3.00. The molecule has 2 saturated carbocycles. The van der Waals surface area contributed by atoms with Gasteiger partial charge in [0.15, 0.2) is 0 Å². The van der Waals surface area contributed by atoms with Gasteiger partial charge in [0, 0.05) is 5.92 Å². The fourth-order valence-electron chi connectivity index (χ4n) is 2.34. The summed E-state index contributed by atoms with van der Waals surface area (Å²) in [6.07, 6.45) is 3.46. The number of nitrogens with one attached hydrogen (secondary N) is 1. The summed E-state index contributed by atoms with van der Waals surface area (Å²) in [5.74, 6) is 0.317. The Kier molecular flexibility index (Phi) is 2.91. The lowest BCUT2D eigenvalue weighted by molar-refractivity contribution is -0.143. The van der Waals surface area contributed by atoms with Crippen LogP contribution in [0.5, 0.6) is 0 Å². The minimum absolute atomic E-state index is 0.0574. The van der Waals surface area contributed by atoms with E-state index in [1.807, 2.05) is 13.8 Å². The number of hydrogen-bond donors (Lipinski definition) is 2. The molecular formula is C12H19NO3. The quantitative estimate of drug-likeness (QED) is 0.740. The van der Waals surface area contributed by atoms with Crippen LogP contribution in [0.2, 0.25) is 0 Å². The van der Waals surface area contributed by atoms with Crippen LogP contribution >= 0.6 is 0 Å². The van der Waals surface area contributed by atoms with E-state index in [1.54, 1.807) is 0 Å². The molecule has 0 bridgehead atoms. The molecule has 0 saturated heterocycles. The molecule has 0 aliphatic heterocycles. The Morgan fingerprint density at radius 3 is 2.38 bits per heavy atom. The van der Waals surface area contributed by atoms with Crippen molar-refractivity contribution in [2.45, 2.75) is 39.2 Å². The van der Waals surface area contributed by atoms with Gasteiger partial charge in [-0.3, -0.25) is 4.79 Å². The van der Waals surface area contributed by atoms with Crippen LogP contribution in [0.15, 0.2) is 0 Å². The van der Waals surface area contributed by atoms with Crippen LogP contribution in [0.4, 0.5) is 0 Å². The lowest BCUT2D eigenvalue weighted by atomic mass is 10.0. The van der Waals surface area contributed by atoms with Crippen LogP contribution in [-0.4, -0.2) is 23.0 Å². The van der Waals surface area contributed by atoms with E-state index in [1.165, 1.54) is 12.8 Å². The Labute approximate surface area is 95.4 Å². The van der Waals surface area contributed by atoms with Crippen LogP contribution in [-0.2, 0) is 9.59 Å². The third kappa shape index (κ3) is 2.36. The molecule has 2 fully saturated rings. The van der Waals surface area contributed by atoms with E-state index in [0.29, 0.717) is 5.92 Å². The highest BCUT2D eigenvalue weighted by molar-refractivity contribution is 5.86. The van der Waals surface area contributed by atoms with Crippen molar-refractivity contribution in [3.8, 4) is 0 Å². The molecule has 0 aromatic carbocycles. The van der Waals surface area contributed by atoms with Crippen molar-refractivity contribution in [2.24, 2.45) is 23.7 Å². The third-order valence-corrected chi connectivity index (χ3v) is 3.63. The Bertz CT molecular complexity index is 309. The standard InChI is InChI=1S/C12H19NO3/c1-6(2)10(12(15)16)13-11(14)9-5-8(9)7-3-4-7/h6-10H,3-5H2,1-2H3,(H,13,14)(H,15,16)/t8?,9?,10-/m0/s1. The summed E-state index contributed by atoms with van der Waals surface area (Å²) in [4.78, 5) is 22.7. The number of rotatable bonds is 5. The first kappa shape index (κ1) is 11.4. The first-order valence-corrected chi connectivity index (χ1v) is 6.04. The molecule has 0 aromatic rings. The van der Waals surface area contributed by atoms with E-state index < -0.39 is 12.0 Å². The molecule has 1 amide bonds. The van der Waals surface area contributed by atoms with Gasteiger partial charge in [-0.2, -0.15) is 0 Å². The van der Waals surface area contributed by atoms with E-state index in [0.717, 1.165) is 12.3 Å². The second kappa shape index (κ2) is 4.07. The van der Waals surface area contributed by atoms with Gasteiger partial charge in [0.25, 0.3) is 0 Å². The fraction of sp³-hybridized carbons (Fsp3) is 0.833. The van der Waals surface area contributed by atoms with Crippen LogP contribution in [0.25, 0.3) is 0 Å². The van der Waals surface area contributed by atoms with E-state index in [9.17, 15) is 9.59 Å². The number of amides is 1. The van der Waals surface area contributed by atoms with Crippen LogP contribution in [0.3, 0.4) is 0 Å². The topological polar surface area (TPSA) is 66.4 Å². The Hall–Kier alpha value is -1.06. The number of carboxylic acid groups (broad SMARTS) is 1. The van der Waals surface area contributed by atoms with Crippen molar-refractivity contribution in [2.75, 3.05) is 0 Å². The molecule has 2 aliphatic carbocycles. The molecule has 0 aromatic heterocycles. The Morgan fingerprint density at radius 2 is 1.94 bits per heavy atom. The van der Waals surface area contributed by atoms with Gasteiger partial charge in [0.1, 0.15) is 6.04 Å². The average molecular weight is 225 g/mol. The second-order valence-electron chi connectivity index (χ2n) is 5.41. The zero-order valence-electron chi connectivity index (χ0n) is 9.77. The molecule has 2 rings (SSSR count). The molecule has 0 heterocycles. The molecule has 2 aliphatic rings. The van der Waals surface area contributed by atoms with Crippen molar-refractivity contribution in [1.82, 2.24) is 5.32 Å². The molecule has 2 unspecified atom stereocenters. The van der Waals surface area contributed by atoms with Gasteiger partial charge < -0.3 is 10.4 Å². The molecule has 90 valence electrons. The van der Waals surface area contributed by atoms with Gasteiger partial charge in [-0.1, -0.05) is 13.8 Å². The number of carbonyl (C=O) groups is 2. The third-order valence-electron chi connectivity index (χ3n) is 3.63. The molecule has 16 heavy (non-hydrogen) atoms. The van der Waals surface area contributed by atoms with E-state index in [-0.39, 0.29) is 17.7 Å². The maximum atomic E-state index is 11.8. The van der Waals surface area contributed by atoms with Gasteiger partial charge in [-0.05, 0) is 37.0 Å². The maximum absolute atomic E-state index is 11.8. The van der Waals surface area contributed by atoms with Crippen LogP contribution < -0.4 is 5.32 Å². The van der Waals surface area contributed by atoms with Gasteiger partial charge in [-0.15, -0.1) is 0 Å². The van der Waals surface area contributed by atoms with E-state index in [2.05, 4.69) is 5.32 Å². The predicted molar refractivity (Wildman–Crippen MR) is 58.7 cm³/mol. The summed E-state index contributed by atoms with van der Waals surface area (Å²) >= 11 is 0. The molecule has 3 atom stereocenters. The molecule has 0 radical (unpaired) electrons. The van der Waals surface area contributed by atoms with E-state index >= 15 is 0 Å². The highest BCUT2D eigenvalue weighted by atomic mass is 16.4. The monoisotopic (exact) mass is 225 g/mol. The van der Waals surface area contributed by atoms with Gasteiger partial charge in [0.05, 0.1) is 0 Å². The maximum Gasteiger partial charge on any atom is 0.326 e. The first-order chi connectivity index (χ1) is 7.50. The zero-order valence-corrected chi connectivity index (χ0v) is 9.77. The van der Waals surface area contributed by atoms with Gasteiger partial charge in [0.2, 0.25) is 5.91 Å². The predicted octanol–water partition coefficient (Wildman–Crippen LogP) is 1.26. The van der Waals surface area contributed by atoms with Crippen molar-refractivity contribution < 1.29 is 14.7 Å². The minimum atomic E-state index is -0.938. The molecule has 0 spiro atoms. The van der Waals surface area contributed by atoms with Crippen molar-refractivity contribution in [3.05, 3.63) is 0 Å².